The van der Waals surface area contributed by atoms with Crippen LogP contribution in [0.4, 0.5) is 0 Å². The first-order chi connectivity index (χ1) is 20.6. The SMILES string of the molecule is CC1=C(C)[CH2][Ge]([c]2c(C)cc(C)cc2C)[CH2]1.Cc1cc(C)[c]([Ge]([c]2c(C)cc(C)cc2C)[c]2c(C)cc(C)cc2C)c(C)c1. The number of rotatable bonds is 4. The van der Waals surface area contributed by atoms with Gasteiger partial charge < -0.3 is 0 Å². The molecule has 0 spiro atoms. The molecular weight excluding hydrogens is 650 g/mol. The molecule has 0 aromatic heterocycles. The Balaban J connectivity index is 0.000000233. The van der Waals surface area contributed by atoms with Gasteiger partial charge in [-0.15, -0.1) is 0 Å². The van der Waals surface area contributed by atoms with E-state index in [0.717, 1.165) is 0 Å². The maximum absolute atomic E-state index is 2.38. The fourth-order valence-corrected chi connectivity index (χ4v) is 23.1. The number of allylic oxidation sites excluding steroid dienone is 2. The van der Waals surface area contributed by atoms with Crippen molar-refractivity contribution in [3.8, 4) is 0 Å². The third kappa shape index (κ3) is 7.39. The summed E-state index contributed by atoms with van der Waals surface area (Å²) in [7, 11) is 0. The van der Waals surface area contributed by atoms with Gasteiger partial charge in [-0.2, -0.15) is 0 Å². The molecule has 2 radical (unpaired) electrons. The minimum atomic E-state index is -1.98. The van der Waals surface area contributed by atoms with Crippen molar-refractivity contribution in [1.82, 2.24) is 0 Å². The van der Waals surface area contributed by atoms with Crippen LogP contribution in [0, 0.1) is 83.1 Å². The molecule has 5 rings (SSSR count). The monoisotopic (exact) mass is 706 g/mol. The van der Waals surface area contributed by atoms with E-state index >= 15 is 0 Å². The number of hydrogen-bond donors (Lipinski definition) is 0. The second kappa shape index (κ2) is 14.0. The summed E-state index contributed by atoms with van der Waals surface area (Å²) in [6.45, 7) is 32.0. The Morgan fingerprint density at radius 1 is 0.364 bits per heavy atom. The van der Waals surface area contributed by atoms with E-state index in [4.69, 9.17) is 0 Å². The zero-order valence-electron chi connectivity index (χ0n) is 30.0. The number of aryl methyl sites for hydroxylation is 12. The average Bonchev–Trinajstić information content (AvgIpc) is 3.19. The molecule has 0 unspecified atom stereocenters. The zero-order valence-corrected chi connectivity index (χ0v) is 34.2. The summed E-state index contributed by atoms with van der Waals surface area (Å²) in [5.41, 5.74) is 20.8. The Morgan fingerprint density at radius 2 is 0.591 bits per heavy atom. The van der Waals surface area contributed by atoms with Crippen LogP contribution in [0.2, 0.25) is 10.5 Å². The molecule has 0 saturated heterocycles. The molecule has 0 aliphatic carbocycles. The molecule has 2 heteroatoms. The predicted molar refractivity (Wildman–Crippen MR) is 201 cm³/mol. The van der Waals surface area contributed by atoms with Crippen molar-refractivity contribution in [2.24, 2.45) is 0 Å². The van der Waals surface area contributed by atoms with E-state index in [1.165, 1.54) is 66.1 Å². The molecule has 0 atom stereocenters. The van der Waals surface area contributed by atoms with Gasteiger partial charge in [0.1, 0.15) is 0 Å². The van der Waals surface area contributed by atoms with Crippen LogP contribution in [-0.4, -0.2) is 28.7 Å². The standard InChI is InChI=1S/C27H33Ge.C15H21Ge/c1-16-10-19(4)25(20(5)11-16)28(26-21(6)12-17(2)13-22(26)7)27-23(8)14-18(3)15-24(27)9;1-10-6-11(2)15(12(3)7-10)16-8-13(4)14(5)9-16/h10-15H,1-9H3;6-7H,8-9H2,1-5H3. The van der Waals surface area contributed by atoms with Crippen LogP contribution in [0.15, 0.2) is 59.7 Å². The third-order valence-electron chi connectivity index (χ3n) is 9.50. The van der Waals surface area contributed by atoms with Gasteiger partial charge in [-0.1, -0.05) is 0 Å². The molecule has 0 saturated carbocycles. The molecule has 4 aromatic carbocycles. The van der Waals surface area contributed by atoms with Crippen molar-refractivity contribution in [2.45, 2.75) is 107 Å². The van der Waals surface area contributed by atoms with Gasteiger partial charge in [-0.25, -0.2) is 0 Å². The van der Waals surface area contributed by atoms with Crippen molar-refractivity contribution in [1.29, 1.82) is 0 Å². The third-order valence-corrected chi connectivity index (χ3v) is 24.8. The van der Waals surface area contributed by atoms with Gasteiger partial charge in [0, 0.05) is 0 Å². The molecule has 0 nitrogen and oxygen atoms in total. The molecule has 1 aliphatic heterocycles. The molecule has 0 fully saturated rings. The molecule has 230 valence electrons. The van der Waals surface area contributed by atoms with E-state index < -0.39 is 28.7 Å². The Hall–Kier alpha value is -2.29. The molecule has 0 amide bonds. The van der Waals surface area contributed by atoms with Crippen molar-refractivity contribution in [3.05, 3.63) is 126 Å². The van der Waals surface area contributed by atoms with Gasteiger partial charge in [0.2, 0.25) is 0 Å². The molecule has 4 aromatic rings. The second-order valence-corrected chi connectivity index (χ2v) is 23.8. The predicted octanol–water partition coefficient (Wildman–Crippen LogP) is 8.64. The molecule has 0 bridgehead atoms. The summed E-state index contributed by atoms with van der Waals surface area (Å²) in [6.07, 6.45) is 0. The molecule has 44 heavy (non-hydrogen) atoms. The van der Waals surface area contributed by atoms with Crippen molar-refractivity contribution in [3.63, 3.8) is 0 Å². The molecule has 1 aliphatic rings. The Kier molecular flexibility index (Phi) is 11.0. The van der Waals surface area contributed by atoms with E-state index in [-0.39, 0.29) is 0 Å². The van der Waals surface area contributed by atoms with E-state index in [9.17, 15) is 0 Å². The molecule has 1 heterocycles. The minimum absolute atomic E-state index is 1.02. The molecular formula is C42H54Ge2. The van der Waals surface area contributed by atoms with Gasteiger partial charge in [0.05, 0.1) is 0 Å². The van der Waals surface area contributed by atoms with Crippen LogP contribution in [0.3, 0.4) is 0 Å². The van der Waals surface area contributed by atoms with Gasteiger partial charge in [-0.05, 0) is 0 Å². The first-order valence-electron chi connectivity index (χ1n) is 16.3. The van der Waals surface area contributed by atoms with Crippen molar-refractivity contribution >= 4 is 46.3 Å². The summed E-state index contributed by atoms with van der Waals surface area (Å²) < 4.78 is 6.67. The van der Waals surface area contributed by atoms with Crippen LogP contribution in [0.5, 0.6) is 0 Å². The van der Waals surface area contributed by atoms with Crippen LogP contribution < -0.4 is 17.6 Å². The summed E-state index contributed by atoms with van der Waals surface area (Å²) in [5, 5.41) is 2.85. The average molecular weight is 704 g/mol. The van der Waals surface area contributed by atoms with E-state index in [1.54, 1.807) is 39.9 Å². The van der Waals surface area contributed by atoms with Gasteiger partial charge in [0.15, 0.2) is 0 Å². The normalized spacial score (nSPS) is 13.5. The topological polar surface area (TPSA) is 0 Å². The van der Waals surface area contributed by atoms with Gasteiger partial charge in [-0.3, -0.25) is 0 Å². The number of benzene rings is 4. The summed E-state index contributed by atoms with van der Waals surface area (Å²) in [4.78, 5) is 0. The van der Waals surface area contributed by atoms with E-state index in [0.29, 0.717) is 0 Å². The van der Waals surface area contributed by atoms with Gasteiger partial charge in [0.25, 0.3) is 0 Å². The van der Waals surface area contributed by atoms with Crippen molar-refractivity contribution < 1.29 is 0 Å². The van der Waals surface area contributed by atoms with Gasteiger partial charge >= 0.3 is 280 Å². The van der Waals surface area contributed by atoms with Crippen LogP contribution in [0.25, 0.3) is 0 Å². The Labute approximate surface area is 278 Å². The maximum atomic E-state index is 2.38. The zero-order chi connectivity index (χ0) is 32.6. The van der Waals surface area contributed by atoms with E-state index in [2.05, 4.69) is 145 Å². The first-order valence-corrected chi connectivity index (χ1v) is 23.4. The first kappa shape index (κ1) is 34.6. The summed E-state index contributed by atoms with van der Waals surface area (Å²) in [6, 6.07) is 19.0. The Bertz CT molecular complexity index is 1510. The fourth-order valence-electron chi connectivity index (χ4n) is 8.02. The van der Waals surface area contributed by atoms with Crippen molar-refractivity contribution in [2.75, 3.05) is 0 Å². The molecule has 0 N–H and O–H groups in total. The van der Waals surface area contributed by atoms with E-state index in [1.807, 2.05) is 0 Å². The number of hydrogen-bond acceptors (Lipinski definition) is 0. The van der Waals surface area contributed by atoms with Crippen LogP contribution >= 0.6 is 0 Å². The quantitative estimate of drug-likeness (QED) is 0.148. The van der Waals surface area contributed by atoms with Crippen LogP contribution in [-0.2, 0) is 0 Å². The summed E-state index contributed by atoms with van der Waals surface area (Å²) in [5.74, 6) is 0. The summed E-state index contributed by atoms with van der Waals surface area (Å²) >= 11 is -3.00. The second-order valence-electron chi connectivity index (χ2n) is 14.0. The fraction of sp³-hybridized carbons (Fsp3) is 0.381. The van der Waals surface area contributed by atoms with Crippen LogP contribution in [0.1, 0.15) is 80.6 Å². The Morgan fingerprint density at radius 3 is 0.841 bits per heavy atom.